The summed E-state index contributed by atoms with van der Waals surface area (Å²) in [6, 6.07) is 13.7. The highest BCUT2D eigenvalue weighted by molar-refractivity contribution is 7.99. The molecular formula is C24H17FN6O2S. The van der Waals surface area contributed by atoms with Gasteiger partial charge in [0.15, 0.2) is 0 Å². The van der Waals surface area contributed by atoms with Gasteiger partial charge in [-0.2, -0.15) is 15.6 Å². The highest BCUT2D eigenvalue weighted by Crippen LogP contribution is 2.37. The second-order valence-electron chi connectivity index (χ2n) is 7.86. The number of aliphatic hydroxyl groups excluding tert-OH is 2. The number of nitrogens with zero attached hydrogens (tertiary/aromatic N) is 6. The molecule has 1 saturated heterocycles. The van der Waals surface area contributed by atoms with Gasteiger partial charge >= 0.3 is 0 Å². The number of anilines is 1. The lowest BCUT2D eigenvalue weighted by Gasteiger charge is -2.16. The number of hydrogen-bond acceptors (Lipinski definition) is 8. The number of aromatic nitrogens is 3. The molecule has 2 N–H and O–H groups in total. The summed E-state index contributed by atoms with van der Waals surface area (Å²) < 4.78 is 15.2. The minimum atomic E-state index is -0.803. The molecule has 8 nitrogen and oxygen atoms in total. The van der Waals surface area contributed by atoms with Gasteiger partial charge in [-0.1, -0.05) is 11.8 Å². The first-order valence-corrected chi connectivity index (χ1v) is 11.1. The van der Waals surface area contributed by atoms with Crippen LogP contribution >= 0.6 is 11.8 Å². The fraction of sp³-hybridized carbons (Fsp3) is 0.167. The summed E-state index contributed by atoms with van der Waals surface area (Å²) in [7, 11) is 0. The summed E-state index contributed by atoms with van der Waals surface area (Å²) in [5.41, 5.74) is 2.75. The van der Waals surface area contributed by atoms with Crippen LogP contribution in [-0.2, 0) is 0 Å². The summed E-state index contributed by atoms with van der Waals surface area (Å²) in [6.45, 7) is 0.618. The zero-order valence-electron chi connectivity index (χ0n) is 17.6. The molecule has 5 rings (SSSR count). The van der Waals surface area contributed by atoms with Gasteiger partial charge in [-0.15, -0.1) is 0 Å². The average Bonchev–Trinajstić information content (AvgIpc) is 3.42. The van der Waals surface area contributed by atoms with Gasteiger partial charge in [0.05, 0.1) is 35.0 Å². The van der Waals surface area contributed by atoms with Crippen LogP contribution in [0.25, 0.3) is 16.6 Å². The molecule has 1 fully saturated rings. The van der Waals surface area contributed by atoms with E-state index in [1.54, 1.807) is 23.0 Å². The van der Waals surface area contributed by atoms with E-state index in [1.807, 2.05) is 29.2 Å². The lowest BCUT2D eigenvalue weighted by Crippen LogP contribution is -2.22. The Balaban J connectivity index is 1.55. The Labute approximate surface area is 198 Å². The van der Waals surface area contributed by atoms with Crippen LogP contribution in [0.3, 0.4) is 0 Å². The first-order chi connectivity index (χ1) is 16.5. The van der Waals surface area contributed by atoms with Gasteiger partial charge < -0.3 is 15.1 Å². The van der Waals surface area contributed by atoms with E-state index in [-0.39, 0.29) is 5.56 Å². The molecule has 168 valence electrons. The van der Waals surface area contributed by atoms with E-state index in [1.165, 1.54) is 30.1 Å². The smallest absolute Gasteiger partial charge is 0.128 e. The van der Waals surface area contributed by atoms with Gasteiger partial charge in [-0.05, 0) is 36.4 Å². The van der Waals surface area contributed by atoms with Crippen molar-refractivity contribution >= 4 is 23.1 Å². The zero-order valence-corrected chi connectivity index (χ0v) is 18.4. The molecule has 0 aliphatic carbocycles. The maximum absolute atomic E-state index is 13.6. The molecule has 4 aromatic rings. The molecule has 0 spiro atoms. The lowest BCUT2D eigenvalue weighted by atomic mass is 10.1. The summed E-state index contributed by atoms with van der Waals surface area (Å²) in [5.74, 6) is 0.150. The Morgan fingerprint density at radius 1 is 0.941 bits per heavy atom. The van der Waals surface area contributed by atoms with Gasteiger partial charge in [0.25, 0.3) is 0 Å². The van der Waals surface area contributed by atoms with Gasteiger partial charge in [-0.25, -0.2) is 13.9 Å². The minimum Gasteiger partial charge on any atom is -0.389 e. The fourth-order valence-electron chi connectivity index (χ4n) is 3.90. The number of rotatable bonds is 4. The molecule has 4 heterocycles. The van der Waals surface area contributed by atoms with Crippen molar-refractivity contribution in [2.45, 2.75) is 22.0 Å². The Morgan fingerprint density at radius 2 is 1.71 bits per heavy atom. The third kappa shape index (κ3) is 3.95. The zero-order chi connectivity index (χ0) is 23.8. The monoisotopic (exact) mass is 472 g/mol. The predicted molar refractivity (Wildman–Crippen MR) is 123 cm³/mol. The van der Waals surface area contributed by atoms with Crippen molar-refractivity contribution in [1.29, 1.82) is 10.5 Å². The molecule has 1 aliphatic heterocycles. The quantitative estimate of drug-likeness (QED) is 0.465. The van der Waals surface area contributed by atoms with Crippen molar-refractivity contribution in [3.05, 3.63) is 71.9 Å². The first-order valence-electron chi connectivity index (χ1n) is 10.3. The largest absolute Gasteiger partial charge is 0.389 e. The van der Waals surface area contributed by atoms with Crippen molar-refractivity contribution < 1.29 is 14.6 Å². The van der Waals surface area contributed by atoms with Crippen molar-refractivity contribution in [3.63, 3.8) is 0 Å². The van der Waals surface area contributed by atoms with E-state index in [2.05, 4.69) is 16.2 Å². The number of pyridine rings is 2. The second kappa shape index (κ2) is 8.76. The summed E-state index contributed by atoms with van der Waals surface area (Å²) in [6.07, 6.45) is 3.35. The Morgan fingerprint density at radius 3 is 2.38 bits per heavy atom. The summed E-state index contributed by atoms with van der Waals surface area (Å²) >= 11 is 1.26. The van der Waals surface area contributed by atoms with Crippen LogP contribution in [0.1, 0.15) is 11.1 Å². The van der Waals surface area contributed by atoms with Gasteiger partial charge in [0.1, 0.15) is 23.8 Å². The molecule has 0 unspecified atom stereocenters. The Hall–Kier alpha value is -3.96. The van der Waals surface area contributed by atoms with Crippen molar-refractivity contribution in [2.24, 2.45) is 0 Å². The van der Waals surface area contributed by atoms with Crippen molar-refractivity contribution in [3.8, 4) is 23.3 Å². The predicted octanol–water partition coefficient (Wildman–Crippen LogP) is 2.97. The number of benzene rings is 1. The van der Waals surface area contributed by atoms with Gasteiger partial charge in [0.2, 0.25) is 0 Å². The van der Waals surface area contributed by atoms with Crippen LogP contribution in [0.2, 0.25) is 0 Å². The van der Waals surface area contributed by atoms with Crippen LogP contribution < -0.4 is 4.90 Å². The molecule has 1 aliphatic rings. The topological polar surface area (TPSA) is 121 Å². The Kier molecular flexibility index (Phi) is 5.64. The Bertz CT molecular complexity index is 1460. The molecule has 0 bridgehead atoms. The van der Waals surface area contributed by atoms with E-state index in [4.69, 9.17) is 0 Å². The van der Waals surface area contributed by atoms with E-state index in [9.17, 15) is 25.1 Å². The highest BCUT2D eigenvalue weighted by atomic mass is 32.2. The van der Waals surface area contributed by atoms with Crippen LogP contribution in [0.5, 0.6) is 0 Å². The summed E-state index contributed by atoms with van der Waals surface area (Å²) in [5, 5.41) is 42.9. The maximum atomic E-state index is 13.6. The molecule has 2 atom stereocenters. The highest BCUT2D eigenvalue weighted by Gasteiger charge is 2.30. The molecule has 3 aromatic heterocycles. The molecule has 10 heteroatoms. The third-order valence-corrected chi connectivity index (χ3v) is 6.75. The first kappa shape index (κ1) is 21.9. The van der Waals surface area contributed by atoms with E-state index in [0.717, 1.165) is 11.1 Å². The minimum absolute atomic E-state index is 0.201. The fourth-order valence-corrected chi connectivity index (χ4v) is 4.97. The van der Waals surface area contributed by atoms with Gasteiger partial charge in [0, 0.05) is 46.4 Å². The number of fused-ring (bicyclic) bond motifs is 1. The number of β-amino-alcohol motifs (C(OH)–C–C–N with tert-alkyl or cyclic N) is 2. The standard InChI is InChI=1S/C24H17FN6O2S/c25-18-2-3-21(15(5-18)7-26)34-22-6-16(11-31-24(22)17(8-27)10-29-31)14-1-4-23(28-9-14)30-12-19(32)20(33)13-30/h1-6,9-11,19-20,32-33H,12-13H2/t19-,20+. The van der Waals surface area contributed by atoms with Crippen molar-refractivity contribution in [2.75, 3.05) is 18.0 Å². The molecule has 0 saturated carbocycles. The number of nitriles is 2. The molecular weight excluding hydrogens is 455 g/mol. The normalized spacial score (nSPS) is 17.6. The van der Waals surface area contributed by atoms with Crippen molar-refractivity contribution in [1.82, 2.24) is 14.6 Å². The van der Waals surface area contributed by atoms with E-state index >= 15 is 0 Å². The average molecular weight is 473 g/mol. The number of halogens is 1. The molecule has 0 radical (unpaired) electrons. The van der Waals surface area contributed by atoms with Crippen LogP contribution in [-0.4, -0.2) is 50.1 Å². The number of hydrogen-bond donors (Lipinski definition) is 2. The molecule has 0 amide bonds. The maximum Gasteiger partial charge on any atom is 0.128 e. The number of aliphatic hydroxyl groups is 2. The van der Waals surface area contributed by atoms with Crippen LogP contribution in [0.4, 0.5) is 10.2 Å². The third-order valence-electron chi connectivity index (χ3n) is 5.64. The lowest BCUT2D eigenvalue weighted by molar-refractivity contribution is 0.0572. The van der Waals surface area contributed by atoms with E-state index in [0.29, 0.717) is 39.8 Å². The SMILES string of the molecule is N#Cc1cc(F)ccc1Sc1cc(-c2ccc(N3C[C@@H](O)[C@@H](O)C3)nc2)cn2ncc(C#N)c12. The van der Waals surface area contributed by atoms with Crippen LogP contribution in [0, 0.1) is 28.5 Å². The van der Waals surface area contributed by atoms with E-state index < -0.39 is 18.0 Å². The second-order valence-corrected chi connectivity index (χ2v) is 8.94. The van der Waals surface area contributed by atoms with Crippen LogP contribution in [0.15, 0.2) is 64.8 Å². The van der Waals surface area contributed by atoms with Gasteiger partial charge in [-0.3, -0.25) is 0 Å². The summed E-state index contributed by atoms with van der Waals surface area (Å²) in [4.78, 5) is 7.55. The molecule has 1 aromatic carbocycles. The molecule has 34 heavy (non-hydrogen) atoms.